The molecule has 0 fully saturated rings. The lowest BCUT2D eigenvalue weighted by molar-refractivity contribution is -0.154. The monoisotopic (exact) mass is 473 g/mol. The second-order valence-electron chi connectivity index (χ2n) is 6.78. The molecule has 2 atom stereocenters. The van der Waals surface area contributed by atoms with Crippen LogP contribution >= 0.6 is 23.1 Å². The number of fused-ring (bicyclic) bond motifs is 1. The third kappa shape index (κ3) is 5.86. The molecule has 0 aliphatic heterocycles. The Labute approximate surface area is 193 Å². The number of rotatable bonds is 10. The molecule has 3 rings (SSSR count). The summed E-state index contributed by atoms with van der Waals surface area (Å²) in [7, 11) is 0. The number of carbonyl (C=O) groups excluding carboxylic acids is 2. The summed E-state index contributed by atoms with van der Waals surface area (Å²) in [6.07, 6.45) is -0.157. The molecule has 0 aliphatic carbocycles. The van der Waals surface area contributed by atoms with E-state index in [0.29, 0.717) is 5.56 Å². The summed E-state index contributed by atoms with van der Waals surface area (Å²) in [6.45, 7) is 3.79. The zero-order chi connectivity index (χ0) is 23.1. The van der Waals surface area contributed by atoms with E-state index in [4.69, 9.17) is 9.47 Å². The van der Waals surface area contributed by atoms with Crippen molar-refractivity contribution in [2.75, 3.05) is 13.2 Å². The maximum Gasteiger partial charge on any atom is 0.335 e. The Morgan fingerprint density at radius 2 is 1.72 bits per heavy atom. The SMILES string of the molecule is CCOC(=O)CC(C(=O)OCC)C(Sc1nc2ccccc2s1)c1ccc(C(=O)O)cc1. The van der Waals surface area contributed by atoms with Gasteiger partial charge in [-0.15, -0.1) is 11.3 Å². The Morgan fingerprint density at radius 1 is 1.03 bits per heavy atom. The summed E-state index contributed by atoms with van der Waals surface area (Å²) < 4.78 is 12.1. The highest BCUT2D eigenvalue weighted by Crippen LogP contribution is 2.45. The molecule has 3 aromatic rings. The molecule has 0 amide bonds. The molecule has 168 valence electrons. The molecule has 0 radical (unpaired) electrons. The van der Waals surface area contributed by atoms with Crippen LogP contribution in [0, 0.1) is 5.92 Å². The molecule has 1 aromatic heterocycles. The normalized spacial score (nSPS) is 12.8. The Bertz CT molecular complexity index is 1060. The summed E-state index contributed by atoms with van der Waals surface area (Å²) in [4.78, 5) is 41.1. The number of thioether (sulfide) groups is 1. The number of aromatic nitrogens is 1. The minimum atomic E-state index is -1.04. The second kappa shape index (κ2) is 11.1. The number of carboxylic acid groups (broad SMARTS) is 1. The van der Waals surface area contributed by atoms with Crippen molar-refractivity contribution in [1.29, 1.82) is 0 Å². The lowest BCUT2D eigenvalue weighted by Gasteiger charge is -2.24. The fourth-order valence-corrected chi connectivity index (χ4v) is 5.67. The molecule has 1 N–H and O–H groups in total. The number of thiazole rings is 1. The van der Waals surface area contributed by atoms with Gasteiger partial charge in [0.1, 0.15) is 0 Å². The summed E-state index contributed by atoms with van der Waals surface area (Å²) in [6, 6.07) is 14.0. The number of nitrogens with zero attached hydrogens (tertiary/aromatic N) is 1. The van der Waals surface area contributed by atoms with E-state index in [0.717, 1.165) is 14.6 Å². The Morgan fingerprint density at radius 3 is 2.34 bits per heavy atom. The summed E-state index contributed by atoms with van der Waals surface area (Å²) >= 11 is 2.84. The van der Waals surface area contributed by atoms with Crippen LogP contribution < -0.4 is 0 Å². The van der Waals surface area contributed by atoms with Crippen LogP contribution in [0.2, 0.25) is 0 Å². The number of ether oxygens (including phenoxy) is 2. The molecule has 1 heterocycles. The van der Waals surface area contributed by atoms with Crippen molar-refractivity contribution in [3.8, 4) is 0 Å². The number of esters is 2. The van der Waals surface area contributed by atoms with Gasteiger partial charge in [-0.1, -0.05) is 36.0 Å². The van der Waals surface area contributed by atoms with Gasteiger partial charge in [-0.3, -0.25) is 9.59 Å². The zero-order valence-electron chi connectivity index (χ0n) is 17.6. The average Bonchev–Trinajstić information content (AvgIpc) is 3.19. The Hall–Kier alpha value is -2.91. The Balaban J connectivity index is 2.01. The maximum atomic E-state index is 12.9. The van der Waals surface area contributed by atoms with E-state index in [1.807, 2.05) is 24.3 Å². The molecule has 32 heavy (non-hydrogen) atoms. The van der Waals surface area contributed by atoms with Crippen molar-refractivity contribution < 1.29 is 29.0 Å². The van der Waals surface area contributed by atoms with Gasteiger partial charge < -0.3 is 14.6 Å². The molecular formula is C23H23NO6S2. The lowest BCUT2D eigenvalue weighted by atomic mass is 9.94. The zero-order valence-corrected chi connectivity index (χ0v) is 19.3. The van der Waals surface area contributed by atoms with Crippen molar-refractivity contribution in [3.05, 3.63) is 59.7 Å². The summed E-state index contributed by atoms with van der Waals surface area (Å²) in [5.41, 5.74) is 1.68. The average molecular weight is 474 g/mol. The first-order chi connectivity index (χ1) is 15.4. The van der Waals surface area contributed by atoms with Gasteiger partial charge in [-0.2, -0.15) is 0 Å². The number of para-hydroxylation sites is 1. The van der Waals surface area contributed by atoms with E-state index in [-0.39, 0.29) is 25.2 Å². The molecule has 0 saturated carbocycles. The van der Waals surface area contributed by atoms with Crippen molar-refractivity contribution in [2.24, 2.45) is 5.92 Å². The van der Waals surface area contributed by atoms with Crippen LogP contribution in [-0.2, 0) is 19.1 Å². The number of carboxylic acids is 1. The number of hydrogen-bond acceptors (Lipinski definition) is 8. The van der Waals surface area contributed by atoms with Crippen LogP contribution in [-0.4, -0.2) is 41.2 Å². The van der Waals surface area contributed by atoms with E-state index in [2.05, 4.69) is 4.98 Å². The molecule has 9 heteroatoms. The predicted octanol–water partition coefficient (Wildman–Crippen LogP) is 4.96. The third-order valence-corrected chi connectivity index (χ3v) is 7.15. The van der Waals surface area contributed by atoms with Crippen LogP contribution in [0.4, 0.5) is 0 Å². The number of hydrogen-bond donors (Lipinski definition) is 1. The van der Waals surface area contributed by atoms with Crippen molar-refractivity contribution in [2.45, 2.75) is 29.9 Å². The van der Waals surface area contributed by atoms with Gasteiger partial charge in [-0.25, -0.2) is 9.78 Å². The first-order valence-electron chi connectivity index (χ1n) is 10.1. The summed E-state index contributed by atoms with van der Waals surface area (Å²) in [5.74, 6) is -2.88. The first-order valence-corrected chi connectivity index (χ1v) is 11.8. The van der Waals surface area contributed by atoms with Crippen molar-refractivity contribution in [1.82, 2.24) is 4.98 Å². The van der Waals surface area contributed by atoms with Gasteiger partial charge >= 0.3 is 17.9 Å². The van der Waals surface area contributed by atoms with Crippen LogP contribution in [0.3, 0.4) is 0 Å². The number of benzene rings is 2. The largest absolute Gasteiger partial charge is 0.478 e. The molecule has 0 saturated heterocycles. The number of carbonyl (C=O) groups is 3. The van der Waals surface area contributed by atoms with E-state index >= 15 is 0 Å². The predicted molar refractivity (Wildman–Crippen MR) is 123 cm³/mol. The lowest BCUT2D eigenvalue weighted by Crippen LogP contribution is -2.27. The fourth-order valence-electron chi connectivity index (χ4n) is 3.17. The van der Waals surface area contributed by atoms with Crippen LogP contribution in [0.1, 0.15) is 41.4 Å². The highest BCUT2D eigenvalue weighted by atomic mass is 32.2. The molecule has 0 spiro atoms. The van der Waals surface area contributed by atoms with Crippen LogP contribution in [0.25, 0.3) is 10.2 Å². The minimum absolute atomic E-state index is 0.135. The van der Waals surface area contributed by atoms with E-state index in [9.17, 15) is 19.5 Å². The third-order valence-electron chi connectivity index (χ3n) is 4.63. The van der Waals surface area contributed by atoms with Crippen molar-refractivity contribution >= 4 is 51.2 Å². The van der Waals surface area contributed by atoms with Gasteiger partial charge in [0, 0.05) is 0 Å². The molecule has 2 unspecified atom stereocenters. The van der Waals surface area contributed by atoms with Gasteiger partial charge in [0.05, 0.1) is 46.6 Å². The van der Waals surface area contributed by atoms with E-state index in [1.165, 1.54) is 35.2 Å². The Kier molecular flexibility index (Phi) is 8.24. The maximum absolute atomic E-state index is 12.9. The van der Waals surface area contributed by atoms with Gasteiger partial charge in [-0.05, 0) is 43.7 Å². The first kappa shape index (κ1) is 23.7. The molecule has 2 aromatic carbocycles. The minimum Gasteiger partial charge on any atom is -0.478 e. The molecular weight excluding hydrogens is 450 g/mol. The molecule has 0 bridgehead atoms. The summed E-state index contributed by atoms with van der Waals surface area (Å²) in [5, 5.41) is 8.70. The fraction of sp³-hybridized carbons (Fsp3) is 0.304. The highest BCUT2D eigenvalue weighted by Gasteiger charge is 2.35. The van der Waals surface area contributed by atoms with E-state index in [1.54, 1.807) is 26.0 Å². The highest BCUT2D eigenvalue weighted by molar-refractivity contribution is 8.01. The van der Waals surface area contributed by atoms with Gasteiger partial charge in [0.25, 0.3) is 0 Å². The van der Waals surface area contributed by atoms with Gasteiger partial charge in [0.15, 0.2) is 4.34 Å². The van der Waals surface area contributed by atoms with Crippen LogP contribution in [0.5, 0.6) is 0 Å². The number of aromatic carboxylic acids is 1. The second-order valence-corrected chi connectivity index (χ2v) is 9.20. The van der Waals surface area contributed by atoms with Gasteiger partial charge in [0.2, 0.25) is 0 Å². The molecule has 0 aliphatic rings. The van der Waals surface area contributed by atoms with Crippen molar-refractivity contribution in [3.63, 3.8) is 0 Å². The smallest absolute Gasteiger partial charge is 0.335 e. The quantitative estimate of drug-likeness (QED) is 0.326. The standard InChI is InChI=1S/C23H23NO6S2/c1-3-29-19(25)13-16(22(28)30-4-2)20(14-9-11-15(12-10-14)21(26)27)32-23-24-17-7-5-6-8-18(17)31-23/h5-12,16,20H,3-4,13H2,1-2H3,(H,26,27). The topological polar surface area (TPSA) is 103 Å². The molecule has 7 nitrogen and oxygen atoms in total. The van der Waals surface area contributed by atoms with Crippen LogP contribution in [0.15, 0.2) is 52.9 Å². The van der Waals surface area contributed by atoms with E-state index < -0.39 is 29.1 Å².